The number of primary amides is 1. The van der Waals surface area contributed by atoms with E-state index >= 15 is 0 Å². The highest BCUT2D eigenvalue weighted by molar-refractivity contribution is 6.02. The molecule has 0 fully saturated rings. The summed E-state index contributed by atoms with van der Waals surface area (Å²) in [7, 11) is 0. The highest BCUT2D eigenvalue weighted by atomic mass is 16.5. The van der Waals surface area contributed by atoms with E-state index in [0.29, 0.717) is 16.9 Å². The van der Waals surface area contributed by atoms with Crippen LogP contribution in [0, 0.1) is 6.92 Å². The van der Waals surface area contributed by atoms with Crippen molar-refractivity contribution in [2.75, 3.05) is 5.32 Å². The zero-order valence-corrected chi connectivity index (χ0v) is 9.64. The number of nitrogens with two attached hydrogens (primary N) is 1. The van der Waals surface area contributed by atoms with Crippen molar-refractivity contribution in [2.45, 2.75) is 6.92 Å². The molecule has 1 heterocycles. The molecule has 92 valence electrons. The second-order valence-electron chi connectivity index (χ2n) is 3.73. The summed E-state index contributed by atoms with van der Waals surface area (Å²) in [6.45, 7) is 1.72. The number of anilines is 1. The van der Waals surface area contributed by atoms with Crippen LogP contribution in [-0.4, -0.2) is 17.0 Å². The van der Waals surface area contributed by atoms with Gasteiger partial charge >= 0.3 is 0 Å². The van der Waals surface area contributed by atoms with Gasteiger partial charge in [0.15, 0.2) is 0 Å². The molecule has 1 aromatic heterocycles. The average Bonchev–Trinajstić information content (AvgIpc) is 2.76. The van der Waals surface area contributed by atoms with Gasteiger partial charge in [-0.25, -0.2) is 0 Å². The van der Waals surface area contributed by atoms with Crippen LogP contribution in [0.5, 0.6) is 0 Å². The summed E-state index contributed by atoms with van der Waals surface area (Å²) in [4.78, 5) is 22.6. The summed E-state index contributed by atoms with van der Waals surface area (Å²) in [6, 6.07) is 7.77. The SMILES string of the molecule is Cc1cc(C(=O)Nc2ccc(C(N)=O)cc2)on1. The lowest BCUT2D eigenvalue weighted by Gasteiger charge is -2.02. The van der Waals surface area contributed by atoms with Gasteiger partial charge in [0.1, 0.15) is 0 Å². The Bertz CT molecular complexity index is 587. The molecule has 6 heteroatoms. The lowest BCUT2D eigenvalue weighted by atomic mass is 10.2. The van der Waals surface area contributed by atoms with Crippen LogP contribution < -0.4 is 11.1 Å². The number of rotatable bonds is 3. The zero-order valence-electron chi connectivity index (χ0n) is 9.64. The molecule has 0 unspecified atom stereocenters. The smallest absolute Gasteiger partial charge is 0.294 e. The molecule has 2 rings (SSSR count). The van der Waals surface area contributed by atoms with Gasteiger partial charge in [0.25, 0.3) is 5.91 Å². The summed E-state index contributed by atoms with van der Waals surface area (Å²) in [5.41, 5.74) is 6.66. The molecule has 0 aliphatic heterocycles. The maximum Gasteiger partial charge on any atom is 0.294 e. The minimum absolute atomic E-state index is 0.131. The molecule has 6 nitrogen and oxygen atoms in total. The highest BCUT2D eigenvalue weighted by Crippen LogP contribution is 2.11. The number of carbonyl (C=O) groups is 2. The minimum atomic E-state index is -0.515. The van der Waals surface area contributed by atoms with Crippen molar-refractivity contribution in [3.8, 4) is 0 Å². The van der Waals surface area contributed by atoms with Crippen molar-refractivity contribution >= 4 is 17.5 Å². The van der Waals surface area contributed by atoms with Crippen molar-refractivity contribution in [2.24, 2.45) is 5.73 Å². The van der Waals surface area contributed by atoms with Crippen molar-refractivity contribution in [3.63, 3.8) is 0 Å². The molecule has 1 aromatic carbocycles. The van der Waals surface area contributed by atoms with E-state index in [1.165, 1.54) is 18.2 Å². The monoisotopic (exact) mass is 245 g/mol. The summed E-state index contributed by atoms with van der Waals surface area (Å²) < 4.78 is 4.82. The standard InChI is InChI=1S/C12H11N3O3/c1-7-6-10(18-15-7)12(17)14-9-4-2-8(3-5-9)11(13)16/h2-6H,1H3,(H2,13,16)(H,14,17). The fraction of sp³-hybridized carbons (Fsp3) is 0.0833. The second-order valence-corrected chi connectivity index (χ2v) is 3.73. The Kier molecular flexibility index (Phi) is 3.09. The summed E-state index contributed by atoms with van der Waals surface area (Å²) in [5, 5.41) is 6.23. The third kappa shape index (κ3) is 2.54. The Hall–Kier alpha value is -2.63. The third-order valence-electron chi connectivity index (χ3n) is 2.28. The number of aryl methyl sites for hydroxylation is 1. The minimum Gasteiger partial charge on any atom is -0.366 e. The summed E-state index contributed by atoms with van der Waals surface area (Å²) in [6.07, 6.45) is 0. The first-order valence-electron chi connectivity index (χ1n) is 5.21. The van der Waals surface area contributed by atoms with Crippen LogP contribution in [-0.2, 0) is 0 Å². The van der Waals surface area contributed by atoms with E-state index < -0.39 is 11.8 Å². The van der Waals surface area contributed by atoms with Gasteiger partial charge in [0, 0.05) is 17.3 Å². The van der Waals surface area contributed by atoms with Gasteiger partial charge in [-0.2, -0.15) is 0 Å². The number of nitrogens with one attached hydrogen (secondary N) is 1. The van der Waals surface area contributed by atoms with E-state index in [1.807, 2.05) is 0 Å². The van der Waals surface area contributed by atoms with Crippen molar-refractivity contribution in [3.05, 3.63) is 47.3 Å². The van der Waals surface area contributed by atoms with Crippen LogP contribution in [0.25, 0.3) is 0 Å². The number of amides is 2. The van der Waals surface area contributed by atoms with E-state index in [4.69, 9.17) is 10.3 Å². The lowest BCUT2D eigenvalue weighted by Crippen LogP contribution is -2.13. The van der Waals surface area contributed by atoms with Crippen LogP contribution >= 0.6 is 0 Å². The molecule has 2 aromatic rings. The predicted molar refractivity (Wildman–Crippen MR) is 64.2 cm³/mol. The normalized spacial score (nSPS) is 10.1. The van der Waals surface area contributed by atoms with Crippen LogP contribution in [0.4, 0.5) is 5.69 Å². The Balaban J connectivity index is 2.10. The highest BCUT2D eigenvalue weighted by Gasteiger charge is 2.11. The maximum absolute atomic E-state index is 11.7. The molecule has 0 spiro atoms. The molecule has 18 heavy (non-hydrogen) atoms. The molecule has 0 radical (unpaired) electrons. The lowest BCUT2D eigenvalue weighted by molar-refractivity contribution is 0.0985. The fourth-order valence-corrected chi connectivity index (χ4v) is 1.38. The molecule has 0 aliphatic rings. The fourth-order valence-electron chi connectivity index (χ4n) is 1.38. The molecule has 0 aliphatic carbocycles. The van der Waals surface area contributed by atoms with Crippen molar-refractivity contribution in [1.82, 2.24) is 5.16 Å². The number of nitrogens with zero attached hydrogens (tertiary/aromatic N) is 1. The average molecular weight is 245 g/mol. The Morgan fingerprint density at radius 2 is 1.94 bits per heavy atom. The second kappa shape index (κ2) is 4.70. The molecule has 0 bridgehead atoms. The third-order valence-corrected chi connectivity index (χ3v) is 2.28. The predicted octanol–water partition coefficient (Wildman–Crippen LogP) is 1.33. The van der Waals surface area contributed by atoms with Gasteiger partial charge < -0.3 is 15.6 Å². The molecule has 0 saturated heterocycles. The summed E-state index contributed by atoms with van der Waals surface area (Å²) in [5.74, 6) is -0.785. The van der Waals surface area contributed by atoms with Gasteiger partial charge in [0.2, 0.25) is 11.7 Å². The van der Waals surface area contributed by atoms with Gasteiger partial charge in [-0.05, 0) is 31.2 Å². The Labute approximate surface area is 103 Å². The largest absolute Gasteiger partial charge is 0.366 e. The van der Waals surface area contributed by atoms with Crippen LogP contribution in [0.3, 0.4) is 0 Å². The van der Waals surface area contributed by atoms with Crippen LogP contribution in [0.15, 0.2) is 34.9 Å². The maximum atomic E-state index is 11.7. The van der Waals surface area contributed by atoms with Crippen LogP contribution in [0.1, 0.15) is 26.6 Å². The van der Waals surface area contributed by atoms with Gasteiger partial charge in [-0.1, -0.05) is 5.16 Å². The first-order valence-corrected chi connectivity index (χ1v) is 5.21. The van der Waals surface area contributed by atoms with E-state index in [9.17, 15) is 9.59 Å². The van der Waals surface area contributed by atoms with Gasteiger partial charge in [-0.15, -0.1) is 0 Å². The van der Waals surface area contributed by atoms with E-state index in [2.05, 4.69) is 10.5 Å². The van der Waals surface area contributed by atoms with Crippen molar-refractivity contribution in [1.29, 1.82) is 0 Å². The van der Waals surface area contributed by atoms with E-state index in [1.54, 1.807) is 19.1 Å². The van der Waals surface area contributed by atoms with E-state index in [-0.39, 0.29) is 5.76 Å². The molecule has 0 saturated carbocycles. The Morgan fingerprint density at radius 1 is 1.28 bits per heavy atom. The van der Waals surface area contributed by atoms with Gasteiger partial charge in [-0.3, -0.25) is 9.59 Å². The molecule has 0 atom stereocenters. The van der Waals surface area contributed by atoms with Crippen molar-refractivity contribution < 1.29 is 14.1 Å². The molecule has 2 amide bonds. The number of hydrogen-bond donors (Lipinski definition) is 2. The molecular weight excluding hydrogens is 234 g/mol. The molecule has 3 N–H and O–H groups in total. The van der Waals surface area contributed by atoms with Crippen LogP contribution in [0.2, 0.25) is 0 Å². The Morgan fingerprint density at radius 3 is 2.44 bits per heavy atom. The number of benzene rings is 1. The number of hydrogen-bond acceptors (Lipinski definition) is 4. The topological polar surface area (TPSA) is 98.2 Å². The number of carbonyl (C=O) groups excluding carboxylic acids is 2. The summed E-state index contributed by atoms with van der Waals surface area (Å²) >= 11 is 0. The zero-order chi connectivity index (χ0) is 13.1. The first kappa shape index (κ1) is 11.8. The molecular formula is C12H11N3O3. The van der Waals surface area contributed by atoms with E-state index in [0.717, 1.165) is 0 Å². The first-order chi connectivity index (χ1) is 8.56. The quantitative estimate of drug-likeness (QED) is 0.852. The number of aromatic nitrogens is 1. The van der Waals surface area contributed by atoms with Gasteiger partial charge in [0.05, 0.1) is 5.69 Å².